The van der Waals surface area contributed by atoms with E-state index in [0.717, 1.165) is 30.5 Å². The Kier molecular flexibility index (Phi) is 9.89. The molecule has 24 heavy (non-hydrogen) atoms. The molecule has 0 fully saturated rings. The number of aryl methyl sites for hydroxylation is 1. The molecule has 1 aromatic carbocycles. The third kappa shape index (κ3) is 7.14. The van der Waals surface area contributed by atoms with Crippen molar-refractivity contribution in [1.82, 2.24) is 15.6 Å². The summed E-state index contributed by atoms with van der Waals surface area (Å²) in [4.78, 5) is 9.86. The first-order valence-electron chi connectivity index (χ1n) is 7.64. The van der Waals surface area contributed by atoms with E-state index < -0.39 is 0 Å². The molecule has 0 aliphatic rings. The first-order chi connectivity index (χ1) is 11.2. The molecule has 0 bridgehead atoms. The molecule has 0 spiro atoms. The molecule has 0 amide bonds. The van der Waals surface area contributed by atoms with E-state index >= 15 is 0 Å². The number of nitrogens with zero attached hydrogens (tertiary/aromatic N) is 2. The minimum absolute atomic E-state index is 0. The molecule has 0 radical (unpaired) electrons. The van der Waals surface area contributed by atoms with Gasteiger partial charge in [-0.15, -0.1) is 35.3 Å². The molecule has 132 valence electrons. The number of benzene rings is 1. The first kappa shape index (κ1) is 20.9. The quantitative estimate of drug-likeness (QED) is 0.379. The van der Waals surface area contributed by atoms with E-state index in [1.165, 1.54) is 16.0 Å². The van der Waals surface area contributed by atoms with Gasteiger partial charge in [-0.25, -0.2) is 4.98 Å². The van der Waals surface area contributed by atoms with Crippen molar-refractivity contribution < 1.29 is 4.74 Å². The maximum Gasteiger partial charge on any atom is 0.191 e. The Bertz CT molecular complexity index is 628. The predicted molar refractivity (Wildman–Crippen MR) is 111 cm³/mol. The van der Waals surface area contributed by atoms with Gasteiger partial charge in [-0.1, -0.05) is 24.3 Å². The predicted octanol–water partition coefficient (Wildman–Crippen LogP) is 3.12. The van der Waals surface area contributed by atoms with E-state index in [9.17, 15) is 0 Å². The molecule has 2 aromatic rings. The average Bonchev–Trinajstić information content (AvgIpc) is 2.98. The number of guanidine groups is 1. The van der Waals surface area contributed by atoms with Crippen LogP contribution in [-0.4, -0.2) is 31.6 Å². The van der Waals surface area contributed by atoms with Crippen molar-refractivity contribution in [2.45, 2.75) is 26.5 Å². The SMILES string of the molecule is CN=C(NCCc1ncc(C)s1)NCc1ccc(COC)cc1.I. The summed E-state index contributed by atoms with van der Waals surface area (Å²) in [6.45, 7) is 4.28. The highest BCUT2D eigenvalue weighted by Gasteiger charge is 2.01. The van der Waals surface area contributed by atoms with E-state index in [-0.39, 0.29) is 24.0 Å². The molecule has 0 atom stereocenters. The Labute approximate surface area is 165 Å². The second kappa shape index (κ2) is 11.4. The molecule has 5 nitrogen and oxygen atoms in total. The number of methoxy groups -OCH3 is 1. The normalized spacial score (nSPS) is 11.0. The van der Waals surface area contributed by atoms with Gasteiger partial charge in [0, 0.05) is 44.7 Å². The van der Waals surface area contributed by atoms with Crippen LogP contribution in [0.1, 0.15) is 21.0 Å². The monoisotopic (exact) mass is 460 g/mol. The minimum Gasteiger partial charge on any atom is -0.380 e. The van der Waals surface area contributed by atoms with Gasteiger partial charge in [-0.05, 0) is 18.1 Å². The van der Waals surface area contributed by atoms with E-state index in [1.807, 2.05) is 6.20 Å². The van der Waals surface area contributed by atoms with Gasteiger partial charge in [0.15, 0.2) is 5.96 Å². The van der Waals surface area contributed by atoms with Crippen molar-refractivity contribution in [3.8, 4) is 0 Å². The Morgan fingerprint density at radius 3 is 2.50 bits per heavy atom. The van der Waals surface area contributed by atoms with Crippen molar-refractivity contribution >= 4 is 41.3 Å². The van der Waals surface area contributed by atoms with E-state index in [2.05, 4.69) is 51.8 Å². The Morgan fingerprint density at radius 2 is 1.92 bits per heavy atom. The lowest BCUT2D eigenvalue weighted by atomic mass is 10.1. The maximum absolute atomic E-state index is 5.12. The molecule has 0 aliphatic carbocycles. The van der Waals surface area contributed by atoms with Crippen LogP contribution in [0, 0.1) is 6.92 Å². The molecule has 2 N–H and O–H groups in total. The summed E-state index contributed by atoms with van der Waals surface area (Å²) in [5.74, 6) is 0.805. The van der Waals surface area contributed by atoms with Crippen molar-refractivity contribution in [2.24, 2.45) is 4.99 Å². The van der Waals surface area contributed by atoms with E-state index in [0.29, 0.717) is 6.61 Å². The summed E-state index contributed by atoms with van der Waals surface area (Å²) in [5.41, 5.74) is 2.39. The smallest absolute Gasteiger partial charge is 0.191 e. The number of rotatable bonds is 7. The summed E-state index contributed by atoms with van der Waals surface area (Å²) < 4.78 is 5.12. The van der Waals surface area contributed by atoms with Gasteiger partial charge in [-0.2, -0.15) is 0 Å². The number of nitrogens with one attached hydrogen (secondary N) is 2. The third-order valence-electron chi connectivity index (χ3n) is 3.32. The average molecular weight is 460 g/mol. The van der Waals surface area contributed by atoms with Crippen LogP contribution in [0.25, 0.3) is 0 Å². The van der Waals surface area contributed by atoms with Crippen molar-refractivity contribution in [3.63, 3.8) is 0 Å². The summed E-state index contributed by atoms with van der Waals surface area (Å²) >= 11 is 1.74. The zero-order chi connectivity index (χ0) is 16.5. The lowest BCUT2D eigenvalue weighted by Gasteiger charge is -2.11. The van der Waals surface area contributed by atoms with Gasteiger partial charge in [0.25, 0.3) is 0 Å². The van der Waals surface area contributed by atoms with Gasteiger partial charge >= 0.3 is 0 Å². The van der Waals surface area contributed by atoms with Crippen LogP contribution in [0.15, 0.2) is 35.5 Å². The number of aliphatic imine (C=N–C) groups is 1. The molecular weight excluding hydrogens is 435 g/mol. The van der Waals surface area contributed by atoms with Crippen LogP contribution in [0.4, 0.5) is 0 Å². The summed E-state index contributed by atoms with van der Waals surface area (Å²) in [6.07, 6.45) is 2.82. The van der Waals surface area contributed by atoms with Gasteiger partial charge in [0.05, 0.1) is 11.6 Å². The number of hydrogen-bond acceptors (Lipinski definition) is 4. The van der Waals surface area contributed by atoms with Crippen molar-refractivity contribution in [2.75, 3.05) is 20.7 Å². The number of halogens is 1. The summed E-state index contributed by atoms with van der Waals surface area (Å²) in [6, 6.07) is 8.38. The topological polar surface area (TPSA) is 58.5 Å². The van der Waals surface area contributed by atoms with Crippen molar-refractivity contribution in [3.05, 3.63) is 51.5 Å². The molecular formula is C17H25IN4OS. The second-order valence-electron chi connectivity index (χ2n) is 5.22. The standard InChI is InChI=1S/C17H24N4OS.HI/c1-13-10-20-16(23-13)8-9-19-17(18-2)21-11-14-4-6-15(7-5-14)12-22-3;/h4-7,10H,8-9,11-12H2,1-3H3,(H2,18,19,21);1H. The molecule has 1 heterocycles. The molecule has 0 aliphatic heterocycles. The van der Waals surface area contributed by atoms with Crippen LogP contribution in [0.3, 0.4) is 0 Å². The fourth-order valence-electron chi connectivity index (χ4n) is 2.13. The van der Waals surface area contributed by atoms with Crippen molar-refractivity contribution in [1.29, 1.82) is 0 Å². The Morgan fingerprint density at radius 1 is 1.21 bits per heavy atom. The van der Waals surface area contributed by atoms with Gasteiger partial charge in [0.2, 0.25) is 0 Å². The van der Waals surface area contributed by atoms with E-state index in [1.54, 1.807) is 25.5 Å². The first-order valence-corrected chi connectivity index (χ1v) is 8.45. The minimum atomic E-state index is 0. The van der Waals surface area contributed by atoms with E-state index in [4.69, 9.17) is 4.74 Å². The molecule has 0 unspecified atom stereocenters. The number of thiazole rings is 1. The second-order valence-corrected chi connectivity index (χ2v) is 6.54. The molecule has 0 saturated heterocycles. The maximum atomic E-state index is 5.12. The molecule has 2 rings (SSSR count). The molecule has 7 heteroatoms. The number of ether oxygens (including phenoxy) is 1. The molecule has 1 aromatic heterocycles. The number of aromatic nitrogens is 1. The summed E-state index contributed by atoms with van der Waals surface area (Å²) in [5, 5.41) is 7.79. The van der Waals surface area contributed by atoms with Crippen LogP contribution in [-0.2, 0) is 24.3 Å². The van der Waals surface area contributed by atoms with Gasteiger partial charge < -0.3 is 15.4 Å². The van der Waals surface area contributed by atoms with Crippen LogP contribution >= 0.6 is 35.3 Å². The lowest BCUT2D eigenvalue weighted by Crippen LogP contribution is -2.37. The fourth-order valence-corrected chi connectivity index (χ4v) is 2.92. The zero-order valence-corrected chi connectivity index (χ0v) is 17.5. The fraction of sp³-hybridized carbons (Fsp3) is 0.412. The molecule has 0 saturated carbocycles. The third-order valence-corrected chi connectivity index (χ3v) is 4.29. The lowest BCUT2D eigenvalue weighted by molar-refractivity contribution is 0.185. The zero-order valence-electron chi connectivity index (χ0n) is 14.3. The van der Waals surface area contributed by atoms with Gasteiger partial charge in [0.1, 0.15) is 0 Å². The highest BCUT2D eigenvalue weighted by atomic mass is 127. The van der Waals surface area contributed by atoms with Crippen LogP contribution < -0.4 is 10.6 Å². The van der Waals surface area contributed by atoms with Crippen LogP contribution in [0.5, 0.6) is 0 Å². The largest absolute Gasteiger partial charge is 0.380 e. The number of hydrogen-bond donors (Lipinski definition) is 2. The van der Waals surface area contributed by atoms with Crippen LogP contribution in [0.2, 0.25) is 0 Å². The summed E-state index contributed by atoms with van der Waals surface area (Å²) in [7, 11) is 3.49. The van der Waals surface area contributed by atoms with Gasteiger partial charge in [-0.3, -0.25) is 4.99 Å². The Balaban J connectivity index is 0.00000288. The Hall–Kier alpha value is -1.19. The highest BCUT2D eigenvalue weighted by Crippen LogP contribution is 2.10. The highest BCUT2D eigenvalue weighted by molar-refractivity contribution is 14.0.